The van der Waals surface area contributed by atoms with Gasteiger partial charge in [-0.3, -0.25) is 24.7 Å². The number of rotatable bonds is 5. The zero-order valence-electron chi connectivity index (χ0n) is 11.8. The lowest BCUT2D eigenvalue weighted by molar-refractivity contribution is -0.383. The van der Waals surface area contributed by atoms with Gasteiger partial charge in [0.05, 0.1) is 17.2 Å². The first-order valence-electron chi connectivity index (χ1n) is 6.47. The number of Topliss-reactive ketones (excluding diaryl/α,β-unsaturated/α-hetero) is 1. The highest BCUT2D eigenvalue weighted by Gasteiger charge is 2.19. The first-order valence-corrected chi connectivity index (χ1v) is 7.46. The van der Waals surface area contributed by atoms with Gasteiger partial charge in [0, 0.05) is 25.1 Å². The van der Waals surface area contributed by atoms with Gasteiger partial charge in [0.1, 0.15) is 5.69 Å². The highest BCUT2D eigenvalue weighted by Crippen LogP contribution is 2.26. The van der Waals surface area contributed by atoms with E-state index in [4.69, 9.17) is 0 Å². The first kappa shape index (κ1) is 16.0. The lowest BCUT2D eigenvalue weighted by atomic mass is 10.1. The summed E-state index contributed by atoms with van der Waals surface area (Å²) in [4.78, 5) is 37.7. The van der Waals surface area contributed by atoms with Crippen molar-refractivity contribution in [1.82, 2.24) is 5.32 Å². The number of ketones is 1. The van der Waals surface area contributed by atoms with Gasteiger partial charge in [-0.15, -0.1) is 0 Å². The van der Waals surface area contributed by atoms with Gasteiger partial charge in [-0.05, 0) is 12.1 Å². The monoisotopic (exact) mass is 322 g/mol. The van der Waals surface area contributed by atoms with Crippen molar-refractivity contribution in [2.24, 2.45) is 4.99 Å². The Balaban J connectivity index is 2.13. The maximum atomic E-state index is 12.1. The number of amides is 1. The average molecular weight is 322 g/mol. The highest BCUT2D eigenvalue weighted by atomic mass is 32.2. The number of nitrogens with zero attached hydrogens (tertiary/aromatic N) is 2. The van der Waals surface area contributed by atoms with Crippen LogP contribution in [0.15, 0.2) is 23.2 Å². The SMILES string of the molecule is CC(=O)Nc1ccc(C(=O)CSC2=NCCN2)cc1[N+](=O)[O-]. The lowest BCUT2D eigenvalue weighted by Crippen LogP contribution is -2.17. The minimum atomic E-state index is -0.627. The Morgan fingerprint density at radius 3 is 2.86 bits per heavy atom. The number of aliphatic imine (C=N–C) groups is 1. The van der Waals surface area contributed by atoms with Gasteiger partial charge >= 0.3 is 0 Å². The molecule has 0 aliphatic carbocycles. The van der Waals surface area contributed by atoms with E-state index in [1.54, 1.807) is 0 Å². The fourth-order valence-electron chi connectivity index (χ4n) is 1.84. The number of anilines is 1. The van der Waals surface area contributed by atoms with Crippen LogP contribution in [0.3, 0.4) is 0 Å². The highest BCUT2D eigenvalue weighted by molar-refractivity contribution is 8.14. The van der Waals surface area contributed by atoms with E-state index in [9.17, 15) is 19.7 Å². The number of nitro groups is 1. The quantitative estimate of drug-likeness (QED) is 0.481. The van der Waals surface area contributed by atoms with E-state index in [0.29, 0.717) is 11.7 Å². The number of nitro benzene ring substituents is 1. The molecule has 0 unspecified atom stereocenters. The molecule has 0 bridgehead atoms. The Bertz CT molecular complexity index is 659. The van der Waals surface area contributed by atoms with Crippen LogP contribution in [0.1, 0.15) is 17.3 Å². The molecule has 0 spiro atoms. The zero-order valence-corrected chi connectivity index (χ0v) is 12.6. The van der Waals surface area contributed by atoms with Crippen molar-refractivity contribution < 1.29 is 14.5 Å². The van der Waals surface area contributed by atoms with Crippen LogP contribution in [0.2, 0.25) is 0 Å². The summed E-state index contributed by atoms with van der Waals surface area (Å²) in [6.45, 7) is 2.70. The minimum absolute atomic E-state index is 0.0727. The number of nitrogens with one attached hydrogen (secondary N) is 2. The molecule has 8 nitrogen and oxygen atoms in total. The van der Waals surface area contributed by atoms with E-state index in [-0.39, 0.29) is 28.5 Å². The summed E-state index contributed by atoms with van der Waals surface area (Å²) >= 11 is 1.27. The molecule has 0 atom stereocenters. The van der Waals surface area contributed by atoms with Crippen LogP contribution in [-0.2, 0) is 4.79 Å². The predicted octanol–water partition coefficient (Wildman–Crippen LogP) is 1.43. The Morgan fingerprint density at radius 2 is 2.27 bits per heavy atom. The van der Waals surface area contributed by atoms with Gasteiger partial charge < -0.3 is 10.6 Å². The lowest BCUT2D eigenvalue weighted by Gasteiger charge is -2.06. The fraction of sp³-hybridized carbons (Fsp3) is 0.308. The van der Waals surface area contributed by atoms with Crippen LogP contribution in [-0.4, -0.2) is 40.6 Å². The Morgan fingerprint density at radius 1 is 1.50 bits per heavy atom. The molecule has 0 aromatic heterocycles. The molecule has 22 heavy (non-hydrogen) atoms. The van der Waals surface area contributed by atoms with Crippen molar-refractivity contribution in [1.29, 1.82) is 0 Å². The second-order valence-electron chi connectivity index (χ2n) is 4.50. The molecule has 0 radical (unpaired) electrons. The normalized spacial score (nSPS) is 13.2. The van der Waals surface area contributed by atoms with Crippen molar-refractivity contribution in [3.63, 3.8) is 0 Å². The van der Waals surface area contributed by atoms with E-state index in [1.165, 1.54) is 36.9 Å². The molecule has 1 heterocycles. The molecule has 2 N–H and O–H groups in total. The average Bonchev–Trinajstić information content (AvgIpc) is 2.97. The number of amidine groups is 1. The van der Waals surface area contributed by atoms with Crippen LogP contribution in [0.5, 0.6) is 0 Å². The molecule has 1 aliphatic rings. The molecule has 116 valence electrons. The van der Waals surface area contributed by atoms with Gasteiger partial charge in [-0.1, -0.05) is 11.8 Å². The molecule has 1 amide bonds. The van der Waals surface area contributed by atoms with Crippen molar-refractivity contribution in [2.75, 3.05) is 24.2 Å². The van der Waals surface area contributed by atoms with Crippen LogP contribution < -0.4 is 10.6 Å². The van der Waals surface area contributed by atoms with Crippen molar-refractivity contribution in [3.8, 4) is 0 Å². The summed E-state index contributed by atoms with van der Waals surface area (Å²) in [7, 11) is 0. The van der Waals surface area contributed by atoms with Crippen LogP contribution >= 0.6 is 11.8 Å². The first-order chi connectivity index (χ1) is 10.5. The second-order valence-corrected chi connectivity index (χ2v) is 5.46. The number of hydrogen-bond acceptors (Lipinski definition) is 7. The van der Waals surface area contributed by atoms with Gasteiger partial charge in [0.2, 0.25) is 5.91 Å². The zero-order chi connectivity index (χ0) is 16.1. The maximum absolute atomic E-state index is 12.1. The molecular formula is C13H14N4O4S. The van der Waals surface area contributed by atoms with Crippen LogP contribution in [0, 0.1) is 10.1 Å². The van der Waals surface area contributed by atoms with Crippen molar-refractivity contribution in [3.05, 3.63) is 33.9 Å². The smallest absolute Gasteiger partial charge is 0.293 e. The van der Waals surface area contributed by atoms with Crippen LogP contribution in [0.25, 0.3) is 0 Å². The van der Waals surface area contributed by atoms with Gasteiger partial charge in [0.15, 0.2) is 11.0 Å². The summed E-state index contributed by atoms with van der Waals surface area (Å²) in [5, 5.41) is 17.2. The fourth-order valence-corrected chi connectivity index (χ4v) is 2.66. The Kier molecular flexibility index (Phi) is 5.10. The van der Waals surface area contributed by atoms with E-state index in [2.05, 4.69) is 15.6 Å². The second kappa shape index (κ2) is 7.03. The number of thioether (sulfide) groups is 1. The molecule has 2 rings (SSSR count). The maximum Gasteiger partial charge on any atom is 0.293 e. The van der Waals surface area contributed by atoms with Gasteiger partial charge in [0.25, 0.3) is 5.69 Å². The topological polar surface area (TPSA) is 114 Å². The van der Waals surface area contributed by atoms with E-state index < -0.39 is 10.8 Å². The third-order valence-corrected chi connectivity index (χ3v) is 3.76. The largest absolute Gasteiger partial charge is 0.363 e. The van der Waals surface area contributed by atoms with Crippen LogP contribution in [0.4, 0.5) is 11.4 Å². The number of benzene rings is 1. The molecule has 9 heteroatoms. The van der Waals surface area contributed by atoms with Gasteiger partial charge in [-0.25, -0.2) is 0 Å². The van der Waals surface area contributed by atoms with Crippen molar-refractivity contribution in [2.45, 2.75) is 6.92 Å². The molecule has 1 aromatic carbocycles. The van der Waals surface area contributed by atoms with E-state index >= 15 is 0 Å². The standard InChI is InChI=1S/C13H14N4O4S/c1-8(18)16-10-3-2-9(6-11(10)17(20)21)12(19)7-22-13-14-4-5-15-13/h2-3,6H,4-5,7H2,1H3,(H,14,15)(H,16,18). The summed E-state index contributed by atoms with van der Waals surface area (Å²) in [6.07, 6.45) is 0. The molecule has 0 saturated heterocycles. The van der Waals surface area contributed by atoms with E-state index in [0.717, 1.165) is 6.54 Å². The third kappa shape index (κ3) is 4.04. The predicted molar refractivity (Wildman–Crippen MR) is 84.5 cm³/mol. The number of carbonyl (C=O) groups excluding carboxylic acids is 2. The summed E-state index contributed by atoms with van der Waals surface area (Å²) < 4.78 is 0. The number of hydrogen-bond donors (Lipinski definition) is 2. The Hall–Kier alpha value is -2.42. The van der Waals surface area contributed by atoms with E-state index in [1.807, 2.05) is 0 Å². The summed E-state index contributed by atoms with van der Waals surface area (Å²) in [6, 6.07) is 4.01. The molecular weight excluding hydrogens is 308 g/mol. The number of carbonyl (C=O) groups is 2. The van der Waals surface area contributed by atoms with Gasteiger partial charge in [-0.2, -0.15) is 0 Å². The summed E-state index contributed by atoms with van der Waals surface area (Å²) in [5.41, 5.74) is -0.00202. The minimum Gasteiger partial charge on any atom is -0.363 e. The van der Waals surface area contributed by atoms with Crippen molar-refractivity contribution >= 4 is 40.0 Å². The third-order valence-electron chi connectivity index (χ3n) is 2.81. The molecule has 0 saturated carbocycles. The molecule has 1 aromatic rings. The molecule has 1 aliphatic heterocycles. The molecule has 0 fully saturated rings. The summed E-state index contributed by atoms with van der Waals surface area (Å²) in [5.74, 6) is -0.510. The Labute approximate surface area is 130 Å².